The van der Waals surface area contributed by atoms with E-state index >= 15 is 0 Å². The second kappa shape index (κ2) is 9.67. The predicted octanol–water partition coefficient (Wildman–Crippen LogP) is 3.45. The van der Waals surface area contributed by atoms with Crippen molar-refractivity contribution in [3.05, 3.63) is 60.2 Å². The highest BCUT2D eigenvalue weighted by Gasteiger charge is 2.37. The minimum atomic E-state index is -1.17. The smallest absolute Gasteiger partial charge is 0.317 e. The van der Waals surface area contributed by atoms with Crippen molar-refractivity contribution in [1.82, 2.24) is 0 Å². The van der Waals surface area contributed by atoms with Crippen LogP contribution in [-0.2, 0) is 30.3 Å². The quantitative estimate of drug-likeness (QED) is 0.527. The van der Waals surface area contributed by atoms with Gasteiger partial charge in [-0.1, -0.05) is 61.5 Å². The SMILES string of the molecule is CCOC(=O)C(C(=O)Cc1ccc(-c2ccccc2)cc1)C(C)C(=O)OC. The van der Waals surface area contributed by atoms with Crippen molar-refractivity contribution in [2.45, 2.75) is 20.3 Å². The average molecular weight is 368 g/mol. The lowest BCUT2D eigenvalue weighted by Crippen LogP contribution is -2.37. The molecule has 27 heavy (non-hydrogen) atoms. The van der Waals surface area contributed by atoms with Crippen LogP contribution in [0.3, 0.4) is 0 Å². The number of methoxy groups -OCH3 is 1. The molecule has 0 aliphatic heterocycles. The number of carbonyl (C=O) groups is 3. The van der Waals surface area contributed by atoms with Crippen LogP contribution in [0.4, 0.5) is 0 Å². The summed E-state index contributed by atoms with van der Waals surface area (Å²) in [5.74, 6) is -3.74. The van der Waals surface area contributed by atoms with Crippen molar-refractivity contribution in [2.75, 3.05) is 13.7 Å². The van der Waals surface area contributed by atoms with Crippen LogP contribution in [0.25, 0.3) is 11.1 Å². The molecule has 0 fully saturated rings. The second-order valence-electron chi connectivity index (χ2n) is 6.25. The highest BCUT2D eigenvalue weighted by molar-refractivity contribution is 6.03. The Morgan fingerprint density at radius 3 is 2.04 bits per heavy atom. The maximum atomic E-state index is 12.7. The first-order valence-electron chi connectivity index (χ1n) is 8.89. The predicted molar refractivity (Wildman–Crippen MR) is 102 cm³/mol. The number of hydrogen-bond acceptors (Lipinski definition) is 5. The summed E-state index contributed by atoms with van der Waals surface area (Å²) >= 11 is 0. The fourth-order valence-electron chi connectivity index (χ4n) is 2.93. The molecule has 0 aliphatic rings. The molecule has 2 atom stereocenters. The molecule has 0 amide bonds. The van der Waals surface area contributed by atoms with E-state index in [0.717, 1.165) is 16.7 Å². The van der Waals surface area contributed by atoms with Gasteiger partial charge >= 0.3 is 11.9 Å². The zero-order valence-corrected chi connectivity index (χ0v) is 15.8. The maximum absolute atomic E-state index is 12.7. The van der Waals surface area contributed by atoms with Crippen molar-refractivity contribution in [1.29, 1.82) is 0 Å². The average Bonchev–Trinajstić information content (AvgIpc) is 2.69. The first kappa shape index (κ1) is 20.4. The summed E-state index contributed by atoms with van der Waals surface area (Å²) in [6.07, 6.45) is 0.0416. The minimum absolute atomic E-state index is 0.0416. The molecule has 0 N–H and O–H groups in total. The van der Waals surface area contributed by atoms with Crippen LogP contribution in [-0.4, -0.2) is 31.4 Å². The Kier molecular flexibility index (Phi) is 7.29. The van der Waals surface area contributed by atoms with Crippen molar-refractivity contribution < 1.29 is 23.9 Å². The number of hydrogen-bond donors (Lipinski definition) is 0. The number of benzene rings is 2. The topological polar surface area (TPSA) is 69.7 Å². The summed E-state index contributed by atoms with van der Waals surface area (Å²) < 4.78 is 9.68. The zero-order chi connectivity index (χ0) is 19.8. The number of Topliss-reactive ketones (excluding diaryl/α,β-unsaturated/α-hetero) is 1. The maximum Gasteiger partial charge on any atom is 0.317 e. The van der Waals surface area contributed by atoms with E-state index in [0.29, 0.717) is 0 Å². The van der Waals surface area contributed by atoms with E-state index in [1.54, 1.807) is 6.92 Å². The normalized spacial score (nSPS) is 12.7. The minimum Gasteiger partial charge on any atom is -0.469 e. The van der Waals surface area contributed by atoms with Gasteiger partial charge in [-0.2, -0.15) is 0 Å². The van der Waals surface area contributed by atoms with Gasteiger partial charge in [0, 0.05) is 6.42 Å². The first-order chi connectivity index (χ1) is 13.0. The fraction of sp³-hybridized carbons (Fsp3) is 0.318. The molecule has 2 unspecified atom stereocenters. The van der Waals surface area contributed by atoms with Gasteiger partial charge in [-0.25, -0.2) is 0 Å². The third-order valence-corrected chi connectivity index (χ3v) is 4.40. The van der Waals surface area contributed by atoms with Crippen molar-refractivity contribution in [3.8, 4) is 11.1 Å². The molecule has 0 radical (unpaired) electrons. The van der Waals surface area contributed by atoms with Gasteiger partial charge in [-0.3, -0.25) is 14.4 Å². The van der Waals surface area contributed by atoms with Crippen molar-refractivity contribution >= 4 is 17.7 Å². The Bertz CT molecular complexity index is 780. The van der Waals surface area contributed by atoms with Gasteiger partial charge in [0.1, 0.15) is 5.92 Å². The van der Waals surface area contributed by atoms with Gasteiger partial charge in [0.25, 0.3) is 0 Å². The molecule has 0 saturated carbocycles. The van der Waals surface area contributed by atoms with E-state index in [1.807, 2.05) is 54.6 Å². The number of ketones is 1. The van der Waals surface area contributed by atoms with Crippen LogP contribution in [0.5, 0.6) is 0 Å². The lowest BCUT2D eigenvalue weighted by molar-refractivity contribution is -0.161. The van der Waals surface area contributed by atoms with Crippen LogP contribution in [0, 0.1) is 11.8 Å². The number of carbonyl (C=O) groups excluding carboxylic acids is 3. The van der Waals surface area contributed by atoms with Crippen LogP contribution in [0.15, 0.2) is 54.6 Å². The van der Waals surface area contributed by atoms with Crippen LogP contribution in [0.1, 0.15) is 19.4 Å². The third-order valence-electron chi connectivity index (χ3n) is 4.40. The van der Waals surface area contributed by atoms with E-state index in [1.165, 1.54) is 14.0 Å². The Morgan fingerprint density at radius 2 is 1.48 bits per heavy atom. The molecule has 5 heteroatoms. The Labute approximate surface area is 159 Å². The molecule has 2 rings (SSSR count). The number of rotatable bonds is 8. The summed E-state index contributed by atoms with van der Waals surface area (Å²) in [6, 6.07) is 17.5. The molecule has 0 aliphatic carbocycles. The van der Waals surface area contributed by atoms with E-state index in [9.17, 15) is 14.4 Å². The van der Waals surface area contributed by atoms with Gasteiger partial charge in [-0.05, 0) is 23.6 Å². The Morgan fingerprint density at radius 1 is 0.889 bits per heavy atom. The molecule has 5 nitrogen and oxygen atoms in total. The van der Waals surface area contributed by atoms with Gasteiger partial charge < -0.3 is 9.47 Å². The summed E-state index contributed by atoms with van der Waals surface area (Å²) in [6.45, 7) is 3.30. The molecule has 0 saturated heterocycles. The highest BCUT2D eigenvalue weighted by atomic mass is 16.5. The molecular formula is C22H24O5. The Balaban J connectivity index is 2.16. The van der Waals surface area contributed by atoms with Crippen LogP contribution >= 0.6 is 0 Å². The van der Waals surface area contributed by atoms with Crippen molar-refractivity contribution in [3.63, 3.8) is 0 Å². The molecule has 142 valence electrons. The first-order valence-corrected chi connectivity index (χ1v) is 8.89. The number of esters is 2. The third kappa shape index (κ3) is 5.26. The Hall–Kier alpha value is -2.95. The zero-order valence-electron chi connectivity index (χ0n) is 15.8. The lowest BCUT2D eigenvalue weighted by Gasteiger charge is -2.19. The van der Waals surface area contributed by atoms with Crippen LogP contribution < -0.4 is 0 Å². The molecule has 0 spiro atoms. The lowest BCUT2D eigenvalue weighted by atomic mass is 9.87. The van der Waals surface area contributed by atoms with Gasteiger partial charge in [0.05, 0.1) is 19.6 Å². The summed E-state index contributed by atoms with van der Waals surface area (Å²) in [5.41, 5.74) is 2.89. The summed E-state index contributed by atoms with van der Waals surface area (Å²) in [4.78, 5) is 36.8. The second-order valence-corrected chi connectivity index (χ2v) is 6.25. The van der Waals surface area contributed by atoms with Crippen molar-refractivity contribution in [2.24, 2.45) is 11.8 Å². The van der Waals surface area contributed by atoms with E-state index in [4.69, 9.17) is 4.74 Å². The molecule has 0 bridgehead atoms. The van der Waals surface area contributed by atoms with E-state index in [-0.39, 0.29) is 18.8 Å². The van der Waals surface area contributed by atoms with Gasteiger partial charge in [0.2, 0.25) is 0 Å². The highest BCUT2D eigenvalue weighted by Crippen LogP contribution is 2.22. The molecule has 0 heterocycles. The van der Waals surface area contributed by atoms with Crippen LogP contribution in [0.2, 0.25) is 0 Å². The molecular weight excluding hydrogens is 344 g/mol. The van der Waals surface area contributed by atoms with Gasteiger partial charge in [-0.15, -0.1) is 0 Å². The summed E-state index contributed by atoms with van der Waals surface area (Å²) in [5, 5.41) is 0. The number of ether oxygens (including phenoxy) is 2. The van der Waals surface area contributed by atoms with E-state index in [2.05, 4.69) is 4.74 Å². The fourth-order valence-corrected chi connectivity index (χ4v) is 2.93. The summed E-state index contributed by atoms with van der Waals surface area (Å²) in [7, 11) is 1.23. The van der Waals surface area contributed by atoms with E-state index < -0.39 is 23.8 Å². The standard InChI is InChI=1S/C22H24O5/c1-4-27-22(25)20(15(2)21(24)26-3)19(23)14-16-10-12-18(13-11-16)17-8-6-5-7-9-17/h5-13,15,20H,4,14H2,1-3H3. The molecule has 2 aromatic carbocycles. The largest absolute Gasteiger partial charge is 0.469 e. The van der Waals surface area contributed by atoms with Gasteiger partial charge in [0.15, 0.2) is 5.78 Å². The molecule has 2 aromatic rings. The monoisotopic (exact) mass is 368 g/mol. The molecule has 0 aromatic heterocycles.